The maximum Gasteiger partial charge on any atom is 0.354 e. The van der Waals surface area contributed by atoms with E-state index >= 15 is 0 Å². The normalized spacial score (nSPS) is 10.5. The first kappa shape index (κ1) is 16.0. The highest BCUT2D eigenvalue weighted by Crippen LogP contribution is 2.24. The molecule has 6 heteroatoms. The quantitative estimate of drug-likeness (QED) is 0.548. The lowest BCUT2D eigenvalue weighted by Crippen LogP contribution is -2.11. The summed E-state index contributed by atoms with van der Waals surface area (Å²) in [6, 6.07) is 8.53. The topological polar surface area (TPSA) is 81.7 Å². The molecule has 0 atom stereocenters. The minimum Gasteiger partial charge on any atom is -0.487 e. The zero-order chi connectivity index (χ0) is 15.8. The molecule has 0 bridgehead atoms. The molecule has 0 radical (unpaired) electrons. The monoisotopic (exact) mass is 303 g/mol. The largest absolute Gasteiger partial charge is 0.487 e. The molecule has 0 saturated carbocycles. The van der Waals surface area contributed by atoms with Gasteiger partial charge in [-0.2, -0.15) is 5.26 Å². The van der Waals surface area contributed by atoms with Gasteiger partial charge in [-0.15, -0.1) is 0 Å². The number of hydrogen-bond donors (Lipinski definition) is 0. The Hall–Kier alpha value is -2.36. The molecule has 0 aliphatic rings. The van der Waals surface area contributed by atoms with E-state index in [0.717, 1.165) is 0 Å². The Kier molecular flexibility index (Phi) is 5.95. The van der Waals surface area contributed by atoms with Gasteiger partial charge >= 0.3 is 5.63 Å². The standard InChI is InChI=1S/C16H17NO5/c1-2-19-6-7-20-8-9-21-14-5-3-4-12-10-13(11-17)16(18)22-15(12)14/h3-5,10H,2,6-9H2,1H3. The summed E-state index contributed by atoms with van der Waals surface area (Å²) >= 11 is 0. The van der Waals surface area contributed by atoms with Crippen LogP contribution < -0.4 is 10.4 Å². The van der Waals surface area contributed by atoms with E-state index in [1.54, 1.807) is 24.3 Å². The average Bonchev–Trinajstić information content (AvgIpc) is 2.53. The Balaban J connectivity index is 1.98. The van der Waals surface area contributed by atoms with Gasteiger partial charge in [0.15, 0.2) is 11.3 Å². The number of fused-ring (bicyclic) bond motifs is 1. The van der Waals surface area contributed by atoms with E-state index in [-0.39, 0.29) is 5.56 Å². The molecule has 0 unspecified atom stereocenters. The molecule has 116 valence electrons. The maximum absolute atomic E-state index is 11.6. The lowest BCUT2D eigenvalue weighted by atomic mass is 10.2. The first-order valence-corrected chi connectivity index (χ1v) is 7.01. The van der Waals surface area contributed by atoms with Crippen LogP contribution in [0.25, 0.3) is 11.0 Å². The summed E-state index contributed by atoms with van der Waals surface area (Å²) < 4.78 is 21.2. The van der Waals surface area contributed by atoms with Crippen molar-refractivity contribution < 1.29 is 18.6 Å². The van der Waals surface area contributed by atoms with Gasteiger partial charge < -0.3 is 18.6 Å². The molecule has 0 saturated heterocycles. The van der Waals surface area contributed by atoms with Crippen molar-refractivity contribution in [3.05, 3.63) is 40.2 Å². The zero-order valence-electron chi connectivity index (χ0n) is 12.3. The van der Waals surface area contributed by atoms with Crippen molar-refractivity contribution >= 4 is 11.0 Å². The van der Waals surface area contributed by atoms with E-state index in [1.807, 2.05) is 6.92 Å². The number of benzene rings is 1. The highest BCUT2D eigenvalue weighted by molar-refractivity contribution is 5.83. The lowest BCUT2D eigenvalue weighted by Gasteiger charge is -2.09. The number of para-hydroxylation sites is 1. The Labute approximate surface area is 127 Å². The second-order valence-corrected chi connectivity index (χ2v) is 4.39. The Bertz CT molecular complexity index is 717. The molecule has 0 N–H and O–H groups in total. The number of rotatable bonds is 8. The summed E-state index contributed by atoms with van der Waals surface area (Å²) in [4.78, 5) is 11.6. The van der Waals surface area contributed by atoms with Gasteiger partial charge in [0, 0.05) is 12.0 Å². The van der Waals surface area contributed by atoms with E-state index in [2.05, 4.69) is 0 Å². The summed E-state index contributed by atoms with van der Waals surface area (Å²) in [7, 11) is 0. The summed E-state index contributed by atoms with van der Waals surface area (Å²) in [6.07, 6.45) is 0. The number of hydrogen-bond acceptors (Lipinski definition) is 6. The van der Waals surface area contributed by atoms with Crippen molar-refractivity contribution in [1.29, 1.82) is 5.26 Å². The van der Waals surface area contributed by atoms with Crippen LogP contribution in [0.2, 0.25) is 0 Å². The molecule has 22 heavy (non-hydrogen) atoms. The van der Waals surface area contributed by atoms with Crippen LogP contribution in [-0.4, -0.2) is 33.0 Å². The lowest BCUT2D eigenvalue weighted by molar-refractivity contribution is 0.0405. The highest BCUT2D eigenvalue weighted by atomic mass is 16.5. The molecule has 2 aromatic rings. The molecule has 0 aliphatic heterocycles. The van der Waals surface area contributed by atoms with Crippen LogP contribution in [0.1, 0.15) is 12.5 Å². The number of nitriles is 1. The molecule has 2 rings (SSSR count). The minimum atomic E-state index is -0.668. The third-order valence-corrected chi connectivity index (χ3v) is 2.91. The van der Waals surface area contributed by atoms with Crippen LogP contribution in [0.3, 0.4) is 0 Å². The van der Waals surface area contributed by atoms with Gasteiger partial charge in [0.2, 0.25) is 0 Å². The molecule has 0 fully saturated rings. The van der Waals surface area contributed by atoms with Gasteiger partial charge in [0.25, 0.3) is 0 Å². The molecular formula is C16H17NO5. The smallest absolute Gasteiger partial charge is 0.354 e. The Morgan fingerprint density at radius 1 is 1.18 bits per heavy atom. The van der Waals surface area contributed by atoms with Crippen LogP contribution in [0.15, 0.2) is 33.5 Å². The molecule has 0 aliphatic carbocycles. The Morgan fingerprint density at radius 2 is 1.95 bits per heavy atom. The highest BCUT2D eigenvalue weighted by Gasteiger charge is 2.09. The first-order chi connectivity index (χ1) is 10.8. The zero-order valence-corrected chi connectivity index (χ0v) is 12.3. The van der Waals surface area contributed by atoms with E-state index in [9.17, 15) is 4.79 Å². The molecule has 1 aromatic heterocycles. The minimum absolute atomic E-state index is 0.0242. The summed E-state index contributed by atoms with van der Waals surface area (Å²) in [5, 5.41) is 9.49. The van der Waals surface area contributed by atoms with Crippen molar-refractivity contribution in [2.24, 2.45) is 0 Å². The van der Waals surface area contributed by atoms with Crippen LogP contribution in [-0.2, 0) is 9.47 Å². The predicted molar refractivity (Wildman–Crippen MR) is 80.0 cm³/mol. The summed E-state index contributed by atoms with van der Waals surface area (Å²) in [5.74, 6) is 0.451. The van der Waals surface area contributed by atoms with Crippen molar-refractivity contribution in [1.82, 2.24) is 0 Å². The van der Waals surface area contributed by atoms with Crippen LogP contribution >= 0.6 is 0 Å². The van der Waals surface area contributed by atoms with Gasteiger partial charge in [-0.05, 0) is 19.1 Å². The predicted octanol–water partition coefficient (Wildman–Crippen LogP) is 2.10. The second-order valence-electron chi connectivity index (χ2n) is 4.39. The molecule has 0 spiro atoms. The van der Waals surface area contributed by atoms with Crippen molar-refractivity contribution in [2.45, 2.75) is 6.92 Å². The summed E-state index contributed by atoms with van der Waals surface area (Å²) in [5.41, 5.74) is -0.358. The third-order valence-electron chi connectivity index (χ3n) is 2.91. The number of nitrogens with zero attached hydrogens (tertiary/aromatic N) is 1. The molecule has 1 aromatic carbocycles. The third kappa shape index (κ3) is 4.07. The van der Waals surface area contributed by atoms with Crippen molar-refractivity contribution in [3.63, 3.8) is 0 Å². The fourth-order valence-electron chi connectivity index (χ4n) is 1.88. The Morgan fingerprint density at radius 3 is 2.73 bits per heavy atom. The molecule has 6 nitrogen and oxygen atoms in total. The fraction of sp³-hybridized carbons (Fsp3) is 0.375. The molecule has 1 heterocycles. The summed E-state index contributed by atoms with van der Waals surface area (Å²) in [6.45, 7) is 4.39. The van der Waals surface area contributed by atoms with Gasteiger partial charge in [0.1, 0.15) is 18.2 Å². The maximum atomic E-state index is 11.6. The molecular weight excluding hydrogens is 286 g/mol. The van der Waals surface area contributed by atoms with E-state index in [0.29, 0.717) is 49.8 Å². The van der Waals surface area contributed by atoms with Gasteiger partial charge in [-0.25, -0.2) is 4.79 Å². The van der Waals surface area contributed by atoms with Crippen LogP contribution in [0.5, 0.6) is 5.75 Å². The second kappa shape index (κ2) is 8.17. The van der Waals surface area contributed by atoms with E-state index in [4.69, 9.17) is 23.9 Å². The fourth-order valence-corrected chi connectivity index (χ4v) is 1.88. The molecule has 0 amide bonds. The van der Waals surface area contributed by atoms with Crippen molar-refractivity contribution in [3.8, 4) is 11.8 Å². The van der Waals surface area contributed by atoms with Crippen LogP contribution in [0, 0.1) is 11.3 Å². The number of ether oxygens (including phenoxy) is 3. The van der Waals surface area contributed by atoms with Crippen LogP contribution in [0.4, 0.5) is 0 Å². The van der Waals surface area contributed by atoms with E-state index < -0.39 is 5.63 Å². The van der Waals surface area contributed by atoms with Gasteiger partial charge in [0.05, 0.1) is 19.8 Å². The van der Waals surface area contributed by atoms with Gasteiger partial charge in [-0.3, -0.25) is 0 Å². The van der Waals surface area contributed by atoms with Crippen molar-refractivity contribution in [2.75, 3.05) is 33.0 Å². The average molecular weight is 303 g/mol. The SMILES string of the molecule is CCOCCOCCOc1cccc2cc(C#N)c(=O)oc12. The van der Waals surface area contributed by atoms with Gasteiger partial charge in [-0.1, -0.05) is 12.1 Å². The van der Waals surface area contributed by atoms with E-state index in [1.165, 1.54) is 6.07 Å². The first-order valence-electron chi connectivity index (χ1n) is 7.01.